The van der Waals surface area contributed by atoms with Crippen molar-refractivity contribution in [1.82, 2.24) is 0 Å². The first-order valence-corrected chi connectivity index (χ1v) is 4.97. The van der Waals surface area contributed by atoms with Crippen LogP contribution in [0.1, 0.15) is 27.7 Å². The quantitative estimate of drug-likeness (QED) is 0.636. The van der Waals surface area contributed by atoms with Crippen LogP contribution in [0.5, 0.6) is 0 Å². The monoisotopic (exact) mass is 222 g/mol. The highest BCUT2D eigenvalue weighted by molar-refractivity contribution is 5.66. The number of carbonyl (C=O) groups excluding carboxylic acids is 1. The van der Waals surface area contributed by atoms with Gasteiger partial charge in [-0.1, -0.05) is 6.92 Å². The maximum atomic E-state index is 13.6. The summed E-state index contributed by atoms with van der Waals surface area (Å²) in [6.45, 7) is 5.72. The third-order valence-corrected chi connectivity index (χ3v) is 2.85. The first-order valence-electron chi connectivity index (χ1n) is 4.97. The zero-order valence-corrected chi connectivity index (χ0v) is 9.29. The highest BCUT2D eigenvalue weighted by Crippen LogP contribution is 2.39. The van der Waals surface area contributed by atoms with Crippen molar-refractivity contribution >= 4 is 5.97 Å². The van der Waals surface area contributed by atoms with Crippen molar-refractivity contribution in [2.75, 3.05) is 0 Å². The van der Waals surface area contributed by atoms with E-state index in [0.29, 0.717) is 0 Å². The van der Waals surface area contributed by atoms with Crippen molar-refractivity contribution in [2.24, 2.45) is 5.92 Å². The van der Waals surface area contributed by atoms with Crippen molar-refractivity contribution in [3.8, 4) is 0 Å². The molecular weight excluding hydrogens is 206 g/mol. The Kier molecular flexibility index (Phi) is 3.33. The molecule has 0 bridgehead atoms. The molecule has 0 spiro atoms. The lowest BCUT2D eigenvalue weighted by Gasteiger charge is -2.42. The Balaban J connectivity index is 2.89. The lowest BCUT2D eigenvalue weighted by molar-refractivity contribution is -0.269. The first-order chi connectivity index (χ1) is 6.76. The van der Waals surface area contributed by atoms with Crippen LogP contribution in [0.2, 0.25) is 0 Å². The molecule has 4 atom stereocenters. The zero-order chi connectivity index (χ0) is 11.8. The third kappa shape index (κ3) is 2.27. The molecule has 1 aliphatic heterocycles. The van der Waals surface area contributed by atoms with E-state index in [1.54, 1.807) is 13.8 Å². The molecule has 0 aromatic carbocycles. The summed E-state index contributed by atoms with van der Waals surface area (Å²) in [5.41, 5.74) is 0. The second kappa shape index (κ2) is 4.04. The number of carbonyl (C=O) groups is 1. The molecule has 1 fully saturated rings. The molecule has 0 aromatic rings. The maximum Gasteiger partial charge on any atom is 0.309 e. The molecule has 0 aliphatic carbocycles. The highest BCUT2D eigenvalue weighted by atomic mass is 19.3. The summed E-state index contributed by atoms with van der Waals surface area (Å²) < 4.78 is 37.1. The smallest absolute Gasteiger partial charge is 0.309 e. The van der Waals surface area contributed by atoms with E-state index in [4.69, 9.17) is 9.47 Å². The molecule has 0 radical (unpaired) electrons. The Bertz CT molecular complexity index is 255. The van der Waals surface area contributed by atoms with Crippen LogP contribution in [0.4, 0.5) is 8.78 Å². The van der Waals surface area contributed by atoms with Gasteiger partial charge in [-0.05, 0) is 13.8 Å². The van der Waals surface area contributed by atoms with Gasteiger partial charge in [-0.2, -0.15) is 8.78 Å². The molecule has 0 saturated carbocycles. The van der Waals surface area contributed by atoms with E-state index >= 15 is 0 Å². The van der Waals surface area contributed by atoms with Crippen LogP contribution in [0.15, 0.2) is 0 Å². The molecule has 1 rings (SSSR count). The summed E-state index contributed by atoms with van der Waals surface area (Å²) in [6.07, 6.45) is -2.97. The van der Waals surface area contributed by atoms with Gasteiger partial charge < -0.3 is 9.47 Å². The Morgan fingerprint density at radius 3 is 2.33 bits per heavy atom. The molecule has 0 unspecified atom stereocenters. The van der Waals surface area contributed by atoms with Crippen molar-refractivity contribution < 1.29 is 23.0 Å². The van der Waals surface area contributed by atoms with Gasteiger partial charge >= 0.3 is 11.9 Å². The number of ether oxygens (including phenoxy) is 2. The van der Waals surface area contributed by atoms with Gasteiger partial charge in [0.1, 0.15) is 6.10 Å². The van der Waals surface area contributed by atoms with Gasteiger partial charge in [-0.15, -0.1) is 0 Å². The van der Waals surface area contributed by atoms with Crippen LogP contribution in [-0.2, 0) is 14.3 Å². The molecule has 5 heteroatoms. The summed E-state index contributed by atoms with van der Waals surface area (Å²) in [4.78, 5) is 10.8. The van der Waals surface area contributed by atoms with Crippen molar-refractivity contribution in [3.05, 3.63) is 0 Å². The second-order valence-corrected chi connectivity index (χ2v) is 4.05. The van der Waals surface area contributed by atoms with E-state index in [9.17, 15) is 13.6 Å². The fourth-order valence-electron chi connectivity index (χ4n) is 1.73. The van der Waals surface area contributed by atoms with Gasteiger partial charge in [0.25, 0.3) is 0 Å². The van der Waals surface area contributed by atoms with E-state index in [0.717, 1.165) is 6.92 Å². The normalized spacial score (nSPS) is 39.9. The van der Waals surface area contributed by atoms with Crippen molar-refractivity contribution in [2.45, 2.75) is 51.9 Å². The van der Waals surface area contributed by atoms with Gasteiger partial charge in [0.2, 0.25) is 0 Å². The molecule has 0 aromatic heterocycles. The van der Waals surface area contributed by atoms with Gasteiger partial charge in [0.15, 0.2) is 6.10 Å². The first kappa shape index (κ1) is 12.4. The minimum atomic E-state index is -3.13. The minimum Gasteiger partial charge on any atom is -0.456 e. The molecule has 1 aliphatic rings. The van der Waals surface area contributed by atoms with E-state index < -0.39 is 30.0 Å². The number of esters is 1. The highest BCUT2D eigenvalue weighted by Gasteiger charge is 2.55. The Hall–Kier alpha value is -0.710. The Morgan fingerprint density at radius 2 is 1.87 bits per heavy atom. The minimum absolute atomic E-state index is 0.344. The fraction of sp³-hybridized carbons (Fsp3) is 0.900. The van der Waals surface area contributed by atoms with Crippen molar-refractivity contribution in [1.29, 1.82) is 0 Å². The molecular formula is C10H16F2O3. The number of halogens is 2. The van der Waals surface area contributed by atoms with Crippen LogP contribution in [0, 0.1) is 5.92 Å². The standard InChI is InChI=1S/C10H16F2O3/c1-5-6(2)14-7(3)10(11,12)9(5)15-8(4)13/h5-7,9H,1-4H3/t5-,6+,7+,9-/m1/s1. The van der Waals surface area contributed by atoms with Crippen molar-refractivity contribution in [3.63, 3.8) is 0 Å². The van der Waals surface area contributed by atoms with Gasteiger partial charge in [0, 0.05) is 12.8 Å². The SMILES string of the molecule is CC(=O)O[C@@H]1[C@H](C)[C@H](C)O[C@@H](C)C1(F)F. The number of hydrogen-bond acceptors (Lipinski definition) is 3. The van der Waals surface area contributed by atoms with E-state index in [2.05, 4.69) is 0 Å². The number of rotatable bonds is 1. The van der Waals surface area contributed by atoms with Crippen LogP contribution >= 0.6 is 0 Å². The molecule has 1 heterocycles. The van der Waals surface area contributed by atoms with Gasteiger partial charge in [-0.3, -0.25) is 4.79 Å². The summed E-state index contributed by atoms with van der Waals surface area (Å²) in [5, 5.41) is 0. The average Bonchev–Trinajstić information content (AvgIpc) is 2.10. The Labute approximate surface area is 87.7 Å². The maximum absolute atomic E-state index is 13.6. The van der Waals surface area contributed by atoms with Crippen LogP contribution in [0.25, 0.3) is 0 Å². The topological polar surface area (TPSA) is 35.5 Å². The van der Waals surface area contributed by atoms with E-state index in [1.807, 2.05) is 0 Å². The molecule has 15 heavy (non-hydrogen) atoms. The van der Waals surface area contributed by atoms with E-state index in [-0.39, 0.29) is 6.10 Å². The predicted molar refractivity (Wildman–Crippen MR) is 49.7 cm³/mol. The van der Waals surface area contributed by atoms with E-state index in [1.165, 1.54) is 6.92 Å². The van der Waals surface area contributed by atoms with Gasteiger partial charge in [0.05, 0.1) is 6.10 Å². The lowest BCUT2D eigenvalue weighted by atomic mass is 9.88. The zero-order valence-electron chi connectivity index (χ0n) is 9.29. The average molecular weight is 222 g/mol. The largest absolute Gasteiger partial charge is 0.456 e. The number of alkyl halides is 2. The third-order valence-electron chi connectivity index (χ3n) is 2.85. The predicted octanol–water partition coefficient (Wildman–Crippen LogP) is 2.00. The molecule has 88 valence electrons. The van der Waals surface area contributed by atoms with Gasteiger partial charge in [-0.25, -0.2) is 0 Å². The number of hydrogen-bond donors (Lipinski definition) is 0. The molecule has 0 amide bonds. The molecule has 0 N–H and O–H groups in total. The molecule has 1 saturated heterocycles. The van der Waals surface area contributed by atoms with Crippen LogP contribution in [0.3, 0.4) is 0 Å². The summed E-state index contributed by atoms with van der Waals surface area (Å²) >= 11 is 0. The molecule has 3 nitrogen and oxygen atoms in total. The lowest BCUT2D eigenvalue weighted by Crippen LogP contribution is -2.57. The fourth-order valence-corrected chi connectivity index (χ4v) is 1.73. The summed E-state index contributed by atoms with van der Waals surface area (Å²) in [6, 6.07) is 0. The Morgan fingerprint density at radius 1 is 1.33 bits per heavy atom. The van der Waals surface area contributed by atoms with Crippen LogP contribution < -0.4 is 0 Å². The summed E-state index contributed by atoms with van der Waals surface area (Å²) in [5.74, 6) is -4.33. The second-order valence-electron chi connectivity index (χ2n) is 4.05. The summed E-state index contributed by atoms with van der Waals surface area (Å²) in [7, 11) is 0. The van der Waals surface area contributed by atoms with Crippen LogP contribution in [-0.4, -0.2) is 30.2 Å².